The fourth-order valence-corrected chi connectivity index (χ4v) is 2.36. The maximum absolute atomic E-state index is 5.54. The average Bonchev–Trinajstić information content (AvgIpc) is 3.04. The summed E-state index contributed by atoms with van der Waals surface area (Å²) in [5.74, 6) is 0. The molecule has 2 heterocycles. The number of rotatable bonds is 4. The minimum absolute atomic E-state index is 0.531. The first-order chi connectivity index (χ1) is 8.85. The van der Waals surface area contributed by atoms with E-state index >= 15 is 0 Å². The number of nitrogens with two attached hydrogens (primary N) is 1. The Kier molecular flexibility index (Phi) is 2.95. The number of nitrogens with zero attached hydrogens (tertiary/aromatic N) is 2. The van der Waals surface area contributed by atoms with E-state index in [1.54, 1.807) is 17.5 Å². The van der Waals surface area contributed by atoms with Crippen LogP contribution >= 0.6 is 11.3 Å². The summed E-state index contributed by atoms with van der Waals surface area (Å²) < 4.78 is 5.26. The van der Waals surface area contributed by atoms with Crippen LogP contribution in [0, 0.1) is 0 Å². The molecule has 0 radical (unpaired) electrons. The molecular formula is C12H12N4OS. The zero-order chi connectivity index (χ0) is 12.4. The van der Waals surface area contributed by atoms with Crippen molar-refractivity contribution in [1.29, 1.82) is 0 Å². The first-order valence-corrected chi connectivity index (χ1v) is 6.37. The van der Waals surface area contributed by atoms with Crippen molar-refractivity contribution in [3.8, 4) is 0 Å². The number of hydrogen-bond acceptors (Lipinski definition) is 6. The Morgan fingerprint density at radius 2 is 2.28 bits per heavy atom. The molecule has 18 heavy (non-hydrogen) atoms. The molecule has 0 fully saturated rings. The molecule has 3 N–H and O–H groups in total. The highest BCUT2D eigenvalue weighted by atomic mass is 32.1. The van der Waals surface area contributed by atoms with Crippen LogP contribution in [0.1, 0.15) is 10.4 Å². The highest BCUT2D eigenvalue weighted by Crippen LogP contribution is 2.19. The molecule has 0 saturated heterocycles. The molecule has 0 saturated carbocycles. The summed E-state index contributed by atoms with van der Waals surface area (Å²) >= 11 is 1.57. The Hall–Kier alpha value is -1.92. The Morgan fingerprint density at radius 3 is 3.11 bits per heavy atom. The zero-order valence-corrected chi connectivity index (χ0v) is 10.4. The predicted octanol–water partition coefficient (Wildman–Crippen LogP) is 2.36. The van der Waals surface area contributed by atoms with E-state index in [0.29, 0.717) is 13.1 Å². The maximum Gasteiger partial charge on any atom is 0.183 e. The number of oxazole rings is 1. The molecule has 0 aliphatic carbocycles. The molecule has 0 unspecified atom stereocenters. The Balaban J connectivity index is 1.72. The molecule has 0 atom stereocenters. The van der Waals surface area contributed by atoms with Gasteiger partial charge >= 0.3 is 0 Å². The van der Waals surface area contributed by atoms with Gasteiger partial charge < -0.3 is 15.5 Å². The summed E-state index contributed by atoms with van der Waals surface area (Å²) in [5, 5.41) is 4.14. The van der Waals surface area contributed by atoms with Gasteiger partial charge in [-0.25, -0.2) is 9.97 Å². The molecule has 1 aromatic carbocycles. The van der Waals surface area contributed by atoms with Crippen molar-refractivity contribution in [2.45, 2.75) is 13.1 Å². The van der Waals surface area contributed by atoms with Gasteiger partial charge in [0.15, 0.2) is 17.1 Å². The Morgan fingerprint density at radius 1 is 1.33 bits per heavy atom. The van der Waals surface area contributed by atoms with Gasteiger partial charge in [0.05, 0.1) is 0 Å². The number of thiazole rings is 1. The van der Waals surface area contributed by atoms with Gasteiger partial charge in [0.25, 0.3) is 0 Å². The van der Waals surface area contributed by atoms with E-state index in [1.807, 2.05) is 18.2 Å². The smallest absolute Gasteiger partial charge is 0.183 e. The standard InChI is InChI=1S/C12H12N4OS/c13-4-9-6-15-12(18-9)14-5-8-1-2-10-11(3-8)17-7-16-10/h1-3,6-7H,4-5,13H2,(H,14,15). The third kappa shape index (κ3) is 2.20. The fraction of sp³-hybridized carbons (Fsp3) is 0.167. The van der Waals surface area contributed by atoms with Crippen LogP contribution in [0.5, 0.6) is 0 Å². The second-order valence-corrected chi connectivity index (χ2v) is 4.96. The second-order valence-electron chi connectivity index (χ2n) is 3.84. The van der Waals surface area contributed by atoms with Gasteiger partial charge in [-0.1, -0.05) is 6.07 Å². The van der Waals surface area contributed by atoms with Crippen molar-refractivity contribution in [2.75, 3.05) is 5.32 Å². The molecule has 6 heteroatoms. The van der Waals surface area contributed by atoms with Crippen molar-refractivity contribution in [3.63, 3.8) is 0 Å². The highest BCUT2D eigenvalue weighted by Gasteiger charge is 2.02. The molecule has 0 aliphatic heterocycles. The molecule has 92 valence electrons. The number of aromatic nitrogens is 2. The predicted molar refractivity (Wildman–Crippen MR) is 71.3 cm³/mol. The number of anilines is 1. The zero-order valence-electron chi connectivity index (χ0n) is 9.59. The molecular weight excluding hydrogens is 248 g/mol. The fourth-order valence-electron chi connectivity index (χ4n) is 1.67. The third-order valence-corrected chi connectivity index (χ3v) is 3.57. The topological polar surface area (TPSA) is 77.0 Å². The van der Waals surface area contributed by atoms with E-state index in [2.05, 4.69) is 15.3 Å². The first kappa shape index (κ1) is 11.2. The van der Waals surface area contributed by atoms with Gasteiger partial charge in [0.1, 0.15) is 5.52 Å². The van der Waals surface area contributed by atoms with Crippen LogP contribution in [-0.4, -0.2) is 9.97 Å². The lowest BCUT2D eigenvalue weighted by molar-refractivity contribution is 0.602. The summed E-state index contributed by atoms with van der Waals surface area (Å²) in [6.45, 7) is 1.23. The normalized spacial score (nSPS) is 10.9. The number of benzene rings is 1. The lowest BCUT2D eigenvalue weighted by Crippen LogP contribution is -1.98. The molecule has 3 aromatic rings. The van der Waals surface area contributed by atoms with E-state index in [-0.39, 0.29) is 0 Å². The van der Waals surface area contributed by atoms with Crippen LogP contribution in [0.15, 0.2) is 35.2 Å². The van der Waals surface area contributed by atoms with E-state index in [4.69, 9.17) is 10.2 Å². The minimum atomic E-state index is 0.531. The number of hydrogen-bond donors (Lipinski definition) is 2. The first-order valence-electron chi connectivity index (χ1n) is 5.56. The van der Waals surface area contributed by atoms with Gasteiger partial charge in [-0.2, -0.15) is 0 Å². The number of fused-ring (bicyclic) bond motifs is 1. The summed E-state index contributed by atoms with van der Waals surface area (Å²) in [5.41, 5.74) is 8.35. The van der Waals surface area contributed by atoms with Gasteiger partial charge in [-0.05, 0) is 17.7 Å². The summed E-state index contributed by atoms with van der Waals surface area (Å²) in [6.07, 6.45) is 3.25. The van der Waals surface area contributed by atoms with Gasteiger partial charge in [0.2, 0.25) is 0 Å². The second kappa shape index (κ2) is 4.75. The highest BCUT2D eigenvalue weighted by molar-refractivity contribution is 7.15. The van der Waals surface area contributed by atoms with Crippen molar-refractivity contribution >= 4 is 27.6 Å². The van der Waals surface area contributed by atoms with Gasteiger partial charge in [-0.3, -0.25) is 0 Å². The SMILES string of the molecule is NCc1cnc(NCc2ccc3ncoc3c2)s1. The van der Waals surface area contributed by atoms with Crippen LogP contribution in [0.2, 0.25) is 0 Å². The van der Waals surface area contributed by atoms with Gasteiger partial charge in [0, 0.05) is 24.2 Å². The minimum Gasteiger partial charge on any atom is -0.443 e. The Labute approximate surface area is 108 Å². The van der Waals surface area contributed by atoms with Crippen molar-refractivity contribution in [2.24, 2.45) is 5.73 Å². The third-order valence-electron chi connectivity index (χ3n) is 2.59. The van der Waals surface area contributed by atoms with E-state index in [1.165, 1.54) is 6.39 Å². The molecule has 5 nitrogen and oxygen atoms in total. The monoisotopic (exact) mass is 260 g/mol. The summed E-state index contributed by atoms with van der Waals surface area (Å²) in [6, 6.07) is 5.95. The van der Waals surface area contributed by atoms with Crippen LogP contribution in [0.25, 0.3) is 11.1 Å². The molecule has 0 bridgehead atoms. The molecule has 3 rings (SSSR count). The van der Waals surface area contributed by atoms with E-state index in [0.717, 1.165) is 26.7 Å². The van der Waals surface area contributed by atoms with Gasteiger partial charge in [-0.15, -0.1) is 11.3 Å². The molecule has 0 aliphatic rings. The molecule has 0 spiro atoms. The quantitative estimate of drug-likeness (QED) is 0.753. The van der Waals surface area contributed by atoms with E-state index in [9.17, 15) is 0 Å². The maximum atomic E-state index is 5.54. The molecule has 2 aromatic heterocycles. The lowest BCUT2D eigenvalue weighted by Gasteiger charge is -2.02. The van der Waals surface area contributed by atoms with Crippen LogP contribution in [-0.2, 0) is 13.1 Å². The summed E-state index contributed by atoms with van der Waals surface area (Å²) in [7, 11) is 0. The average molecular weight is 260 g/mol. The van der Waals surface area contributed by atoms with Crippen molar-refractivity contribution in [3.05, 3.63) is 41.2 Å². The van der Waals surface area contributed by atoms with E-state index < -0.39 is 0 Å². The van der Waals surface area contributed by atoms with Crippen LogP contribution in [0.3, 0.4) is 0 Å². The van der Waals surface area contributed by atoms with Crippen molar-refractivity contribution in [1.82, 2.24) is 9.97 Å². The largest absolute Gasteiger partial charge is 0.443 e. The summed E-state index contributed by atoms with van der Waals surface area (Å²) in [4.78, 5) is 9.40. The van der Waals surface area contributed by atoms with Crippen molar-refractivity contribution < 1.29 is 4.42 Å². The van der Waals surface area contributed by atoms with Crippen LogP contribution < -0.4 is 11.1 Å². The van der Waals surface area contributed by atoms with Crippen LogP contribution in [0.4, 0.5) is 5.13 Å². The Bertz CT molecular complexity index is 661. The lowest BCUT2D eigenvalue weighted by atomic mass is 10.2. The number of nitrogens with one attached hydrogen (secondary N) is 1. The molecule has 0 amide bonds.